The number of hydrogen-bond donors (Lipinski definition) is 3. The summed E-state index contributed by atoms with van der Waals surface area (Å²) in [6, 6.07) is 3.84. The molecule has 3 heterocycles. The standard InChI is InChI=1S/C21H23ClFN7O/c22-13-6-14(23)8-16(7-13)27-18(12-3-4-12)21(31)28-15-2-1-5-30(10-15)20-17-9-26-29-19(17)24-11-25-20/h6-9,11-12,15,18,27H,1-5,10H2,(H,28,31)(H,24,25,26,29). The Morgan fingerprint density at radius 3 is 2.94 bits per heavy atom. The Labute approximate surface area is 183 Å². The summed E-state index contributed by atoms with van der Waals surface area (Å²) in [5, 5.41) is 14.5. The quantitative estimate of drug-likeness (QED) is 0.541. The molecule has 3 aromatic rings. The third-order valence-corrected chi connectivity index (χ3v) is 6.07. The maximum absolute atomic E-state index is 13.7. The number of fused-ring (bicyclic) bond motifs is 1. The minimum Gasteiger partial charge on any atom is -0.373 e. The summed E-state index contributed by atoms with van der Waals surface area (Å²) in [6.45, 7) is 1.52. The molecule has 1 saturated carbocycles. The largest absolute Gasteiger partial charge is 0.373 e. The number of hydrogen-bond acceptors (Lipinski definition) is 6. The van der Waals surface area contributed by atoms with Crippen molar-refractivity contribution in [1.29, 1.82) is 0 Å². The molecule has 1 saturated heterocycles. The summed E-state index contributed by atoms with van der Waals surface area (Å²) in [7, 11) is 0. The molecule has 3 N–H and O–H groups in total. The number of nitrogens with zero attached hydrogens (tertiary/aromatic N) is 4. The zero-order valence-corrected chi connectivity index (χ0v) is 17.6. The van der Waals surface area contributed by atoms with Crippen molar-refractivity contribution in [3.63, 3.8) is 0 Å². The molecule has 0 bridgehead atoms. The molecule has 0 spiro atoms. The minimum absolute atomic E-state index is 0.00249. The van der Waals surface area contributed by atoms with Crippen LogP contribution in [0.1, 0.15) is 25.7 Å². The number of piperidine rings is 1. The van der Waals surface area contributed by atoms with Gasteiger partial charge in [-0.15, -0.1) is 0 Å². The van der Waals surface area contributed by atoms with Crippen molar-refractivity contribution in [2.24, 2.45) is 5.92 Å². The Balaban J connectivity index is 1.28. The van der Waals surface area contributed by atoms with Gasteiger partial charge in [0, 0.05) is 29.8 Å². The molecule has 31 heavy (non-hydrogen) atoms. The van der Waals surface area contributed by atoms with E-state index in [2.05, 4.69) is 35.7 Å². The van der Waals surface area contributed by atoms with Crippen LogP contribution in [0.25, 0.3) is 11.0 Å². The summed E-state index contributed by atoms with van der Waals surface area (Å²) < 4.78 is 13.7. The first-order chi connectivity index (χ1) is 15.1. The maximum Gasteiger partial charge on any atom is 0.243 e. The number of anilines is 2. The van der Waals surface area contributed by atoms with Gasteiger partial charge in [-0.2, -0.15) is 5.10 Å². The number of nitrogens with one attached hydrogen (secondary N) is 3. The normalized spacial score (nSPS) is 19.9. The average Bonchev–Trinajstić information content (AvgIpc) is 3.46. The fourth-order valence-electron chi connectivity index (χ4n) is 4.23. The Bertz CT molecular complexity index is 1080. The van der Waals surface area contributed by atoms with E-state index in [9.17, 15) is 9.18 Å². The molecule has 5 rings (SSSR count). The maximum atomic E-state index is 13.7. The highest BCUT2D eigenvalue weighted by Gasteiger charge is 2.37. The first-order valence-corrected chi connectivity index (χ1v) is 10.9. The smallest absolute Gasteiger partial charge is 0.243 e. The molecule has 2 unspecified atom stereocenters. The third-order valence-electron chi connectivity index (χ3n) is 5.85. The lowest BCUT2D eigenvalue weighted by atomic mass is 10.0. The zero-order valence-electron chi connectivity index (χ0n) is 16.8. The van der Waals surface area contributed by atoms with Gasteiger partial charge < -0.3 is 15.5 Å². The number of benzene rings is 1. The zero-order chi connectivity index (χ0) is 21.4. The van der Waals surface area contributed by atoms with Crippen LogP contribution in [0.4, 0.5) is 15.9 Å². The lowest BCUT2D eigenvalue weighted by Gasteiger charge is -2.35. The van der Waals surface area contributed by atoms with Gasteiger partial charge in [-0.05, 0) is 49.8 Å². The Hall–Kier alpha value is -2.94. The monoisotopic (exact) mass is 443 g/mol. The first-order valence-electron chi connectivity index (χ1n) is 10.5. The molecular formula is C21H23ClFN7O. The van der Waals surface area contributed by atoms with Gasteiger partial charge in [-0.3, -0.25) is 9.89 Å². The molecule has 0 radical (unpaired) electrons. The molecule has 2 aliphatic rings. The van der Waals surface area contributed by atoms with Crippen molar-refractivity contribution in [3.05, 3.63) is 41.6 Å². The molecule has 2 fully saturated rings. The number of H-pyrrole nitrogens is 1. The molecule has 2 aromatic heterocycles. The Morgan fingerprint density at radius 1 is 1.26 bits per heavy atom. The number of carbonyl (C=O) groups is 1. The van der Waals surface area contributed by atoms with Crippen LogP contribution in [0.5, 0.6) is 0 Å². The van der Waals surface area contributed by atoms with E-state index in [4.69, 9.17) is 11.6 Å². The molecule has 1 aromatic carbocycles. The van der Waals surface area contributed by atoms with Gasteiger partial charge in [-0.25, -0.2) is 14.4 Å². The number of aromatic amines is 1. The second-order valence-corrected chi connectivity index (χ2v) is 8.68. The van der Waals surface area contributed by atoms with Crippen LogP contribution >= 0.6 is 11.6 Å². The van der Waals surface area contributed by atoms with E-state index in [0.29, 0.717) is 22.9 Å². The summed E-state index contributed by atoms with van der Waals surface area (Å²) in [4.78, 5) is 23.9. The van der Waals surface area contributed by atoms with Gasteiger partial charge >= 0.3 is 0 Å². The van der Waals surface area contributed by atoms with E-state index in [1.165, 1.54) is 18.5 Å². The van der Waals surface area contributed by atoms with Gasteiger partial charge in [0.2, 0.25) is 5.91 Å². The van der Waals surface area contributed by atoms with Crippen molar-refractivity contribution in [2.45, 2.75) is 37.8 Å². The number of aromatic nitrogens is 4. The Kier molecular flexibility index (Phi) is 5.35. The van der Waals surface area contributed by atoms with E-state index >= 15 is 0 Å². The lowest BCUT2D eigenvalue weighted by Crippen LogP contribution is -2.52. The molecule has 10 heteroatoms. The molecule has 1 aliphatic carbocycles. The molecule has 1 amide bonds. The number of carbonyl (C=O) groups excluding carboxylic acids is 1. The van der Waals surface area contributed by atoms with Crippen molar-refractivity contribution >= 4 is 40.0 Å². The third kappa shape index (κ3) is 4.41. The van der Waals surface area contributed by atoms with Crippen LogP contribution in [0.15, 0.2) is 30.7 Å². The molecule has 1 aliphatic heterocycles. The fourth-order valence-corrected chi connectivity index (χ4v) is 4.45. The second kappa shape index (κ2) is 8.30. The van der Waals surface area contributed by atoms with Crippen LogP contribution < -0.4 is 15.5 Å². The van der Waals surface area contributed by atoms with Crippen LogP contribution in [0, 0.1) is 11.7 Å². The topological polar surface area (TPSA) is 98.8 Å². The Morgan fingerprint density at radius 2 is 2.13 bits per heavy atom. The second-order valence-electron chi connectivity index (χ2n) is 8.24. The molecule has 162 valence electrons. The summed E-state index contributed by atoms with van der Waals surface area (Å²) in [5.41, 5.74) is 1.22. The van der Waals surface area contributed by atoms with Gasteiger partial charge in [0.1, 0.15) is 24.0 Å². The predicted molar refractivity (Wildman–Crippen MR) is 117 cm³/mol. The fraction of sp³-hybridized carbons (Fsp3) is 0.429. The van der Waals surface area contributed by atoms with E-state index in [1.54, 1.807) is 12.3 Å². The summed E-state index contributed by atoms with van der Waals surface area (Å²) in [5.74, 6) is 0.576. The first kappa shape index (κ1) is 20.0. The van der Waals surface area contributed by atoms with Crippen molar-refractivity contribution in [2.75, 3.05) is 23.3 Å². The summed E-state index contributed by atoms with van der Waals surface area (Å²) >= 11 is 5.97. The molecule has 2 atom stereocenters. The number of amides is 1. The van der Waals surface area contributed by atoms with Crippen LogP contribution in [0.3, 0.4) is 0 Å². The van der Waals surface area contributed by atoms with Gasteiger partial charge in [-0.1, -0.05) is 11.6 Å². The van der Waals surface area contributed by atoms with Crippen molar-refractivity contribution in [3.8, 4) is 0 Å². The molecular weight excluding hydrogens is 421 g/mol. The highest BCUT2D eigenvalue weighted by atomic mass is 35.5. The van der Waals surface area contributed by atoms with E-state index in [-0.39, 0.29) is 17.9 Å². The van der Waals surface area contributed by atoms with Crippen molar-refractivity contribution in [1.82, 2.24) is 25.5 Å². The SMILES string of the molecule is O=C(NC1CCCN(c2ncnc3[nH]ncc23)C1)C(Nc1cc(F)cc(Cl)c1)C1CC1. The van der Waals surface area contributed by atoms with E-state index in [0.717, 1.165) is 43.4 Å². The van der Waals surface area contributed by atoms with Gasteiger partial charge in [0.05, 0.1) is 11.6 Å². The van der Waals surface area contributed by atoms with Crippen LogP contribution in [-0.2, 0) is 4.79 Å². The number of rotatable bonds is 6. The van der Waals surface area contributed by atoms with Crippen LogP contribution in [0.2, 0.25) is 5.02 Å². The van der Waals surface area contributed by atoms with Crippen molar-refractivity contribution < 1.29 is 9.18 Å². The highest BCUT2D eigenvalue weighted by molar-refractivity contribution is 6.30. The minimum atomic E-state index is -0.428. The predicted octanol–water partition coefficient (Wildman–Crippen LogP) is 3.12. The van der Waals surface area contributed by atoms with Gasteiger partial charge in [0.25, 0.3) is 0 Å². The lowest BCUT2D eigenvalue weighted by molar-refractivity contribution is -0.123. The van der Waals surface area contributed by atoms with Gasteiger partial charge in [0.15, 0.2) is 5.65 Å². The van der Waals surface area contributed by atoms with E-state index < -0.39 is 11.9 Å². The van der Waals surface area contributed by atoms with E-state index in [1.807, 2.05) is 0 Å². The number of halogens is 2. The highest BCUT2D eigenvalue weighted by Crippen LogP contribution is 2.35. The average molecular weight is 444 g/mol. The molecule has 8 nitrogen and oxygen atoms in total. The summed E-state index contributed by atoms with van der Waals surface area (Å²) in [6.07, 6.45) is 7.04. The van der Waals surface area contributed by atoms with Crippen LogP contribution in [-0.4, -0.2) is 51.2 Å².